The highest BCUT2D eigenvalue weighted by atomic mass is 15.9. The minimum absolute atomic E-state index is 0.907. The van der Waals surface area contributed by atoms with E-state index in [0.29, 0.717) is 0 Å². The first kappa shape index (κ1) is 12.7. The second kappa shape index (κ2) is 5.42. The lowest BCUT2D eigenvalue weighted by molar-refractivity contribution is -0.00329. The monoisotopic (exact) mass is 283 g/mol. The van der Waals surface area contributed by atoms with Crippen molar-refractivity contribution in [2.45, 2.75) is 0 Å². The van der Waals surface area contributed by atoms with Gasteiger partial charge in [0, 0.05) is 32.7 Å². The van der Waals surface area contributed by atoms with Crippen LogP contribution in [0, 0.1) is 0 Å². The van der Waals surface area contributed by atoms with Gasteiger partial charge in [0.25, 0.3) is 0 Å². The number of benzene rings is 1. The summed E-state index contributed by atoms with van der Waals surface area (Å²) in [5, 5.41) is 10.6. The first-order valence-corrected chi connectivity index (χ1v) is 7.63. The quantitative estimate of drug-likeness (QED) is 0.880. The summed E-state index contributed by atoms with van der Waals surface area (Å²) in [6.07, 6.45) is 6.60. The fourth-order valence-electron chi connectivity index (χ4n) is 3.14. The van der Waals surface area contributed by atoms with Crippen LogP contribution in [0.25, 0.3) is 0 Å². The van der Waals surface area contributed by atoms with E-state index in [9.17, 15) is 0 Å². The normalized spacial score (nSPS) is 22.5. The van der Waals surface area contributed by atoms with Crippen molar-refractivity contribution in [2.24, 2.45) is 0 Å². The average Bonchev–Trinajstić information content (AvgIpc) is 2.96. The molecule has 1 aromatic rings. The molecule has 0 aliphatic carbocycles. The van der Waals surface area contributed by atoms with Crippen LogP contribution in [0.3, 0.4) is 0 Å². The van der Waals surface area contributed by atoms with Gasteiger partial charge in [0.05, 0.1) is 5.69 Å². The summed E-state index contributed by atoms with van der Waals surface area (Å²) in [7, 11) is 0. The molecule has 3 aliphatic rings. The molecule has 0 amide bonds. The molecule has 0 atom stereocenters. The minimum atomic E-state index is 0.907. The van der Waals surface area contributed by atoms with E-state index in [1.54, 1.807) is 0 Å². The molecule has 2 saturated heterocycles. The van der Waals surface area contributed by atoms with Crippen LogP contribution in [-0.2, 0) is 0 Å². The predicted octanol–water partition coefficient (Wildman–Crippen LogP) is 1.21. The maximum Gasteiger partial charge on any atom is 0.143 e. The van der Waals surface area contributed by atoms with Crippen molar-refractivity contribution in [1.29, 1.82) is 0 Å². The Morgan fingerprint density at radius 1 is 1.00 bits per heavy atom. The van der Waals surface area contributed by atoms with E-state index in [-0.39, 0.29) is 0 Å². The van der Waals surface area contributed by atoms with Gasteiger partial charge in [-0.2, -0.15) is 10.1 Å². The molecule has 1 N–H and O–H groups in total. The molecular weight excluding hydrogens is 262 g/mol. The third-order valence-corrected chi connectivity index (χ3v) is 4.18. The summed E-state index contributed by atoms with van der Waals surface area (Å²) < 4.78 is 0. The number of fused-ring (bicyclic) bond motifs is 1. The van der Waals surface area contributed by atoms with Gasteiger partial charge < -0.3 is 10.2 Å². The van der Waals surface area contributed by atoms with Crippen LogP contribution in [-0.4, -0.2) is 54.4 Å². The van der Waals surface area contributed by atoms with Crippen molar-refractivity contribution >= 4 is 5.69 Å². The van der Waals surface area contributed by atoms with E-state index in [4.69, 9.17) is 0 Å². The molecule has 0 saturated carbocycles. The van der Waals surface area contributed by atoms with Crippen molar-refractivity contribution in [1.82, 2.24) is 20.3 Å². The Balaban J connectivity index is 1.68. The highest BCUT2D eigenvalue weighted by Crippen LogP contribution is 2.31. The highest BCUT2D eigenvalue weighted by molar-refractivity contribution is 5.47. The topological polar surface area (TPSA) is 25.0 Å². The summed E-state index contributed by atoms with van der Waals surface area (Å²) in [4.78, 5) is 2.41. The first-order valence-electron chi connectivity index (χ1n) is 7.63. The van der Waals surface area contributed by atoms with Gasteiger partial charge in [-0.05, 0) is 18.2 Å². The largest absolute Gasteiger partial charge is 0.332 e. The molecule has 0 radical (unpaired) electrons. The number of piperazine rings is 1. The van der Waals surface area contributed by atoms with Gasteiger partial charge in [-0.1, -0.05) is 30.4 Å². The fraction of sp³-hybridized carbons (Fsp3) is 0.375. The number of nitrogens with zero attached hydrogens (tertiary/aromatic N) is 4. The van der Waals surface area contributed by atoms with Crippen molar-refractivity contribution in [2.75, 3.05) is 44.4 Å². The molecule has 3 heterocycles. The summed E-state index contributed by atoms with van der Waals surface area (Å²) in [6, 6.07) is 10.6. The molecule has 2 fully saturated rings. The fourth-order valence-corrected chi connectivity index (χ4v) is 3.14. The SMILES string of the molecule is C1=CCN2CN(c3ccccc3)N(N3CCNCC3)C2=C1. The molecule has 5 nitrogen and oxygen atoms in total. The van der Waals surface area contributed by atoms with Gasteiger partial charge in [-0.3, -0.25) is 0 Å². The molecule has 3 aliphatic heterocycles. The molecular formula is C16H21N5. The van der Waals surface area contributed by atoms with Gasteiger partial charge in [-0.25, -0.2) is 5.01 Å². The lowest BCUT2D eigenvalue weighted by Crippen LogP contribution is -2.55. The van der Waals surface area contributed by atoms with E-state index in [2.05, 4.69) is 73.9 Å². The second-order valence-electron chi connectivity index (χ2n) is 5.55. The molecule has 5 heteroatoms. The Hall–Kier alpha value is -1.98. The van der Waals surface area contributed by atoms with Gasteiger partial charge in [0.1, 0.15) is 12.5 Å². The number of allylic oxidation sites excluding steroid dienone is 2. The lowest BCUT2D eigenvalue weighted by Gasteiger charge is -2.41. The molecule has 1 aromatic carbocycles. The van der Waals surface area contributed by atoms with Gasteiger partial charge >= 0.3 is 0 Å². The van der Waals surface area contributed by atoms with Crippen LogP contribution in [0.4, 0.5) is 5.69 Å². The maximum atomic E-state index is 3.43. The number of hydrogen-bond donors (Lipinski definition) is 1. The van der Waals surface area contributed by atoms with E-state index in [0.717, 1.165) is 39.4 Å². The second-order valence-corrected chi connectivity index (χ2v) is 5.55. The van der Waals surface area contributed by atoms with Crippen LogP contribution in [0.5, 0.6) is 0 Å². The van der Waals surface area contributed by atoms with Crippen LogP contribution < -0.4 is 10.3 Å². The Morgan fingerprint density at radius 3 is 2.62 bits per heavy atom. The number of anilines is 1. The standard InChI is InChI=1S/C16H21N5/c1-2-6-15(7-3-1)20-14-18-11-5-4-8-16(18)21(20)19-12-9-17-10-13-19/h1-8,17H,9-14H2. The van der Waals surface area contributed by atoms with Crippen molar-refractivity contribution in [3.8, 4) is 0 Å². The van der Waals surface area contributed by atoms with Crippen molar-refractivity contribution in [3.05, 3.63) is 54.4 Å². The summed E-state index contributed by atoms with van der Waals surface area (Å²) in [6.45, 7) is 6.06. The zero-order valence-corrected chi connectivity index (χ0v) is 12.2. The Bertz CT molecular complexity index is 547. The molecule has 0 spiro atoms. The summed E-state index contributed by atoms with van der Waals surface area (Å²) >= 11 is 0. The van der Waals surface area contributed by atoms with Crippen molar-refractivity contribution in [3.63, 3.8) is 0 Å². The highest BCUT2D eigenvalue weighted by Gasteiger charge is 2.36. The molecule has 0 bridgehead atoms. The third-order valence-electron chi connectivity index (χ3n) is 4.18. The zero-order chi connectivity index (χ0) is 14.1. The van der Waals surface area contributed by atoms with Crippen LogP contribution in [0.1, 0.15) is 0 Å². The van der Waals surface area contributed by atoms with Gasteiger partial charge in [0.15, 0.2) is 0 Å². The minimum Gasteiger partial charge on any atom is -0.332 e. The smallest absolute Gasteiger partial charge is 0.143 e. The van der Waals surface area contributed by atoms with E-state index < -0.39 is 0 Å². The lowest BCUT2D eigenvalue weighted by atomic mass is 10.3. The summed E-state index contributed by atoms with van der Waals surface area (Å²) in [5.74, 6) is 1.28. The van der Waals surface area contributed by atoms with Crippen molar-refractivity contribution < 1.29 is 0 Å². The Labute approximate surface area is 125 Å². The third kappa shape index (κ3) is 2.28. The van der Waals surface area contributed by atoms with Crippen LogP contribution in [0.2, 0.25) is 0 Å². The Morgan fingerprint density at radius 2 is 1.81 bits per heavy atom. The number of nitrogens with one attached hydrogen (secondary N) is 1. The molecule has 0 unspecified atom stereocenters. The zero-order valence-electron chi connectivity index (χ0n) is 12.2. The number of hydrazine groups is 2. The molecule has 21 heavy (non-hydrogen) atoms. The molecule has 4 rings (SSSR count). The number of para-hydroxylation sites is 1. The summed E-state index contributed by atoms with van der Waals surface area (Å²) in [5.41, 5.74) is 1.24. The first-order chi connectivity index (χ1) is 10.4. The molecule has 0 aromatic heterocycles. The van der Waals surface area contributed by atoms with E-state index >= 15 is 0 Å². The van der Waals surface area contributed by atoms with E-state index in [1.165, 1.54) is 11.5 Å². The number of rotatable bonds is 2. The predicted molar refractivity (Wildman–Crippen MR) is 84.0 cm³/mol. The van der Waals surface area contributed by atoms with E-state index in [1.807, 2.05) is 0 Å². The molecule has 110 valence electrons. The number of hydrogen-bond acceptors (Lipinski definition) is 5. The Kier molecular flexibility index (Phi) is 3.29. The van der Waals surface area contributed by atoms with Gasteiger partial charge in [-0.15, -0.1) is 0 Å². The maximum absolute atomic E-state index is 3.43. The van der Waals surface area contributed by atoms with Crippen LogP contribution >= 0.6 is 0 Å². The van der Waals surface area contributed by atoms with Crippen LogP contribution in [0.15, 0.2) is 54.4 Å². The van der Waals surface area contributed by atoms with Gasteiger partial charge in [0.2, 0.25) is 0 Å². The average molecular weight is 283 g/mol.